The van der Waals surface area contributed by atoms with Crippen molar-refractivity contribution in [1.29, 1.82) is 0 Å². The first-order chi connectivity index (χ1) is 16.1. The van der Waals surface area contributed by atoms with Crippen molar-refractivity contribution in [3.8, 4) is 11.4 Å². The van der Waals surface area contributed by atoms with E-state index in [9.17, 15) is 8.42 Å². The third-order valence-electron chi connectivity index (χ3n) is 6.28. The van der Waals surface area contributed by atoms with Crippen LogP contribution in [-0.4, -0.2) is 91.1 Å². The number of fused-ring (bicyclic) bond motifs is 1. The molecule has 0 N–H and O–H groups in total. The molecule has 3 aromatic rings. The van der Waals surface area contributed by atoms with Gasteiger partial charge in [-0.3, -0.25) is 9.47 Å². The molecule has 10 heteroatoms. The number of para-hydroxylation sites is 2. The van der Waals surface area contributed by atoms with Crippen molar-refractivity contribution in [3.63, 3.8) is 0 Å². The average Bonchev–Trinajstić information content (AvgIpc) is 3.22. The van der Waals surface area contributed by atoms with Crippen LogP contribution in [0.3, 0.4) is 0 Å². The van der Waals surface area contributed by atoms with E-state index in [-0.39, 0.29) is 0 Å². The summed E-state index contributed by atoms with van der Waals surface area (Å²) in [5.74, 6) is 1.74. The van der Waals surface area contributed by atoms with E-state index in [0.717, 1.165) is 28.3 Å². The fourth-order valence-corrected chi connectivity index (χ4v) is 6.02. The Kier molecular flexibility index (Phi) is 6.35. The largest absolute Gasteiger partial charge is 0.497 e. The number of methoxy groups -OCH3 is 1. The predicted octanol–water partition coefficient (Wildman–Crippen LogP) is 1.73. The minimum Gasteiger partial charge on any atom is -0.497 e. The molecule has 0 bridgehead atoms. The van der Waals surface area contributed by atoms with Gasteiger partial charge in [0, 0.05) is 45.0 Å². The summed E-state index contributed by atoms with van der Waals surface area (Å²) in [5, 5.41) is 0. The van der Waals surface area contributed by atoms with E-state index in [0.29, 0.717) is 59.0 Å². The number of benzene rings is 2. The van der Waals surface area contributed by atoms with Gasteiger partial charge in [0.2, 0.25) is 0 Å². The molecule has 2 saturated heterocycles. The number of piperazine rings is 1. The van der Waals surface area contributed by atoms with E-state index < -0.39 is 10.2 Å². The first-order valence-corrected chi connectivity index (χ1v) is 12.6. The molecule has 0 spiro atoms. The summed E-state index contributed by atoms with van der Waals surface area (Å²) in [6.45, 7) is 4.69. The fourth-order valence-electron chi connectivity index (χ4n) is 4.46. The first-order valence-electron chi connectivity index (χ1n) is 11.2. The Labute approximate surface area is 194 Å². The quantitative estimate of drug-likeness (QED) is 0.545. The van der Waals surface area contributed by atoms with Crippen LogP contribution >= 0.6 is 0 Å². The number of nitrogens with zero attached hydrogens (tertiary/aromatic N) is 5. The van der Waals surface area contributed by atoms with Gasteiger partial charge in [0.05, 0.1) is 37.9 Å². The van der Waals surface area contributed by atoms with Crippen LogP contribution in [0.25, 0.3) is 16.7 Å². The molecule has 1 aromatic heterocycles. The molecule has 2 aliphatic heterocycles. The van der Waals surface area contributed by atoms with Crippen molar-refractivity contribution in [1.82, 2.24) is 23.1 Å². The van der Waals surface area contributed by atoms with Crippen LogP contribution in [0.2, 0.25) is 0 Å². The monoisotopic (exact) mass is 471 g/mol. The minimum atomic E-state index is -3.43. The first kappa shape index (κ1) is 22.3. The van der Waals surface area contributed by atoms with E-state index in [2.05, 4.69) is 15.5 Å². The molecule has 2 aromatic carbocycles. The van der Waals surface area contributed by atoms with Crippen molar-refractivity contribution in [2.24, 2.45) is 0 Å². The Balaban J connectivity index is 1.34. The number of morpholine rings is 1. The zero-order valence-corrected chi connectivity index (χ0v) is 19.6. The van der Waals surface area contributed by atoms with E-state index in [1.165, 1.54) is 4.31 Å². The SMILES string of the molecule is COc1ccc(-n2c(CN3CCN(S(=O)(=O)N4CCOCC4)CC3)nc3ccccc32)cc1. The number of ether oxygens (including phenoxy) is 2. The predicted molar refractivity (Wildman–Crippen MR) is 126 cm³/mol. The molecule has 33 heavy (non-hydrogen) atoms. The summed E-state index contributed by atoms with van der Waals surface area (Å²) in [6.07, 6.45) is 0. The van der Waals surface area contributed by atoms with Gasteiger partial charge >= 0.3 is 0 Å². The molecule has 5 rings (SSSR count). The second-order valence-electron chi connectivity index (χ2n) is 8.24. The van der Waals surface area contributed by atoms with Gasteiger partial charge in [-0.05, 0) is 36.4 Å². The second kappa shape index (κ2) is 9.40. The maximum atomic E-state index is 13.0. The lowest BCUT2D eigenvalue weighted by Crippen LogP contribution is -2.54. The van der Waals surface area contributed by atoms with Crippen molar-refractivity contribution in [3.05, 3.63) is 54.4 Å². The number of aromatic nitrogens is 2. The highest BCUT2D eigenvalue weighted by Gasteiger charge is 2.33. The van der Waals surface area contributed by atoms with Gasteiger partial charge in [-0.1, -0.05) is 12.1 Å². The molecule has 0 amide bonds. The van der Waals surface area contributed by atoms with Crippen LogP contribution in [0.1, 0.15) is 5.82 Å². The Morgan fingerprint density at radius 2 is 1.58 bits per heavy atom. The van der Waals surface area contributed by atoms with E-state index >= 15 is 0 Å². The molecule has 2 fully saturated rings. The van der Waals surface area contributed by atoms with Crippen LogP contribution < -0.4 is 4.74 Å². The Morgan fingerprint density at radius 3 is 2.27 bits per heavy atom. The number of hydrogen-bond acceptors (Lipinski definition) is 6. The molecule has 0 unspecified atom stereocenters. The van der Waals surface area contributed by atoms with Gasteiger partial charge in [-0.15, -0.1) is 0 Å². The molecule has 0 atom stereocenters. The summed E-state index contributed by atoms with van der Waals surface area (Å²) in [6, 6.07) is 16.1. The molecule has 3 heterocycles. The summed E-state index contributed by atoms with van der Waals surface area (Å²) in [5.41, 5.74) is 3.01. The van der Waals surface area contributed by atoms with E-state index in [4.69, 9.17) is 14.5 Å². The molecular formula is C23H29N5O4S. The third kappa shape index (κ3) is 4.49. The molecule has 0 radical (unpaired) electrons. The van der Waals surface area contributed by atoms with Gasteiger partial charge < -0.3 is 9.47 Å². The topological polar surface area (TPSA) is 80.1 Å². The van der Waals surface area contributed by atoms with Crippen molar-refractivity contribution in [2.75, 3.05) is 59.6 Å². The lowest BCUT2D eigenvalue weighted by Gasteiger charge is -2.37. The number of imidazole rings is 1. The van der Waals surface area contributed by atoms with Crippen LogP contribution in [-0.2, 0) is 21.5 Å². The molecule has 2 aliphatic rings. The third-order valence-corrected chi connectivity index (χ3v) is 8.32. The van der Waals surface area contributed by atoms with Crippen LogP contribution in [0, 0.1) is 0 Å². The minimum absolute atomic E-state index is 0.425. The summed E-state index contributed by atoms with van der Waals surface area (Å²) in [7, 11) is -1.77. The van der Waals surface area contributed by atoms with Gasteiger partial charge in [0.25, 0.3) is 10.2 Å². The van der Waals surface area contributed by atoms with Gasteiger partial charge in [-0.2, -0.15) is 17.0 Å². The van der Waals surface area contributed by atoms with Crippen LogP contribution in [0.4, 0.5) is 0 Å². The number of rotatable bonds is 6. The van der Waals surface area contributed by atoms with Crippen LogP contribution in [0.15, 0.2) is 48.5 Å². The molecule has 9 nitrogen and oxygen atoms in total. The lowest BCUT2D eigenvalue weighted by molar-refractivity contribution is 0.0683. The smallest absolute Gasteiger partial charge is 0.282 e. The van der Waals surface area contributed by atoms with E-state index in [1.807, 2.05) is 42.5 Å². The summed E-state index contributed by atoms with van der Waals surface area (Å²) >= 11 is 0. The van der Waals surface area contributed by atoms with Crippen molar-refractivity contribution < 1.29 is 17.9 Å². The van der Waals surface area contributed by atoms with Crippen molar-refractivity contribution >= 4 is 21.2 Å². The highest BCUT2D eigenvalue weighted by Crippen LogP contribution is 2.25. The van der Waals surface area contributed by atoms with E-state index in [1.54, 1.807) is 11.4 Å². The Hall–Kier alpha value is -2.50. The highest BCUT2D eigenvalue weighted by molar-refractivity contribution is 7.86. The normalized spacial score (nSPS) is 19.2. The van der Waals surface area contributed by atoms with Gasteiger partial charge in [-0.25, -0.2) is 4.98 Å². The lowest BCUT2D eigenvalue weighted by atomic mass is 10.2. The standard InChI is InChI=1S/C23H29N5O4S/c1-31-20-8-6-19(7-9-20)28-22-5-3-2-4-21(22)24-23(28)18-25-10-12-26(13-11-25)33(29,30)27-14-16-32-17-15-27/h2-9H,10-18H2,1H3. The molecule has 176 valence electrons. The maximum absolute atomic E-state index is 13.0. The van der Waals surface area contributed by atoms with Crippen LogP contribution in [0.5, 0.6) is 5.75 Å². The fraction of sp³-hybridized carbons (Fsp3) is 0.435. The second-order valence-corrected chi connectivity index (χ2v) is 10.2. The molecule has 0 saturated carbocycles. The maximum Gasteiger partial charge on any atom is 0.282 e. The summed E-state index contributed by atoms with van der Waals surface area (Å²) < 4.78 is 41.9. The Bertz CT molecular complexity index is 1200. The molecule has 0 aliphatic carbocycles. The van der Waals surface area contributed by atoms with Gasteiger partial charge in [0.15, 0.2) is 0 Å². The molecular weight excluding hydrogens is 442 g/mol. The number of hydrogen-bond donors (Lipinski definition) is 0. The average molecular weight is 472 g/mol. The summed E-state index contributed by atoms with van der Waals surface area (Å²) in [4.78, 5) is 7.17. The zero-order valence-electron chi connectivity index (χ0n) is 18.8. The van der Waals surface area contributed by atoms with Gasteiger partial charge in [0.1, 0.15) is 11.6 Å². The highest BCUT2D eigenvalue weighted by atomic mass is 32.2. The Morgan fingerprint density at radius 1 is 0.909 bits per heavy atom. The van der Waals surface area contributed by atoms with Crippen molar-refractivity contribution in [2.45, 2.75) is 6.54 Å². The zero-order chi connectivity index (χ0) is 22.8.